The first-order valence-corrected chi connectivity index (χ1v) is 8.10. The average Bonchev–Trinajstić information content (AvgIpc) is 2.79. The van der Waals surface area contributed by atoms with Crippen molar-refractivity contribution in [2.75, 3.05) is 33.7 Å². The Balaban J connectivity index is 2.31. The van der Waals surface area contributed by atoms with Gasteiger partial charge < -0.3 is 14.8 Å². The molecule has 2 aromatic rings. The van der Waals surface area contributed by atoms with E-state index in [4.69, 9.17) is 23.2 Å². The van der Waals surface area contributed by atoms with E-state index < -0.39 is 0 Å². The van der Waals surface area contributed by atoms with Crippen LogP contribution in [0.5, 0.6) is 0 Å². The Hall–Kier alpha value is -1.23. The second kappa shape index (κ2) is 7.36. The summed E-state index contributed by atoms with van der Waals surface area (Å²) in [6, 6.07) is 5.39. The molecule has 6 heteroatoms. The van der Waals surface area contributed by atoms with Crippen molar-refractivity contribution in [3.8, 4) is 0 Å². The average molecular weight is 342 g/mol. The molecule has 4 nitrogen and oxygen atoms in total. The van der Waals surface area contributed by atoms with Crippen LogP contribution in [0, 0.1) is 0 Å². The fourth-order valence-corrected chi connectivity index (χ4v) is 2.80. The van der Waals surface area contributed by atoms with Crippen molar-refractivity contribution < 1.29 is 4.79 Å². The molecule has 0 spiro atoms. The van der Waals surface area contributed by atoms with Gasteiger partial charge in [-0.05, 0) is 38.7 Å². The van der Waals surface area contributed by atoms with E-state index >= 15 is 0 Å². The molecule has 0 saturated heterocycles. The van der Waals surface area contributed by atoms with E-state index in [1.165, 1.54) is 0 Å². The van der Waals surface area contributed by atoms with E-state index in [1.807, 2.05) is 25.1 Å². The second-order valence-electron chi connectivity index (χ2n) is 5.60. The van der Waals surface area contributed by atoms with Crippen molar-refractivity contribution in [1.82, 2.24) is 14.8 Å². The third kappa shape index (κ3) is 3.75. The maximum Gasteiger partial charge on any atom is 0.271 e. The fourth-order valence-electron chi connectivity index (χ4n) is 2.34. The quantitative estimate of drug-likeness (QED) is 0.865. The van der Waals surface area contributed by atoms with E-state index in [9.17, 15) is 4.79 Å². The molecule has 1 heterocycles. The number of nitrogens with zero attached hydrogens (tertiary/aromatic N) is 2. The number of aromatic amines is 1. The molecule has 0 aliphatic heterocycles. The molecule has 1 aromatic carbocycles. The highest BCUT2D eigenvalue weighted by atomic mass is 35.5. The molecule has 2 rings (SSSR count). The van der Waals surface area contributed by atoms with Crippen molar-refractivity contribution in [3.63, 3.8) is 0 Å². The van der Waals surface area contributed by atoms with Gasteiger partial charge >= 0.3 is 0 Å². The van der Waals surface area contributed by atoms with Crippen molar-refractivity contribution in [3.05, 3.63) is 33.9 Å². The first-order valence-electron chi connectivity index (χ1n) is 7.34. The molecule has 0 unspecified atom stereocenters. The third-order valence-electron chi connectivity index (χ3n) is 3.51. The zero-order valence-electron chi connectivity index (χ0n) is 13.1. The summed E-state index contributed by atoms with van der Waals surface area (Å²) >= 11 is 12.4. The number of halogens is 2. The summed E-state index contributed by atoms with van der Waals surface area (Å²) in [5, 5.41) is 1.82. The minimum Gasteiger partial charge on any atom is -0.349 e. The van der Waals surface area contributed by atoms with Gasteiger partial charge in [-0.3, -0.25) is 4.79 Å². The lowest BCUT2D eigenvalue weighted by molar-refractivity contribution is 0.0740. The molecule has 1 amide bonds. The molecule has 0 fully saturated rings. The van der Waals surface area contributed by atoms with Gasteiger partial charge in [0.1, 0.15) is 5.69 Å². The van der Waals surface area contributed by atoms with Crippen LogP contribution >= 0.6 is 23.2 Å². The Morgan fingerprint density at radius 3 is 2.55 bits per heavy atom. The van der Waals surface area contributed by atoms with Crippen molar-refractivity contribution >= 4 is 40.0 Å². The summed E-state index contributed by atoms with van der Waals surface area (Å²) in [4.78, 5) is 19.8. The van der Waals surface area contributed by atoms with Crippen LogP contribution in [0.25, 0.3) is 10.9 Å². The highest BCUT2D eigenvalue weighted by Crippen LogP contribution is 2.30. The maximum absolute atomic E-state index is 12.8. The van der Waals surface area contributed by atoms with Gasteiger partial charge in [-0.15, -0.1) is 0 Å². The first kappa shape index (κ1) is 17.1. The lowest BCUT2D eigenvalue weighted by Crippen LogP contribution is -2.37. The Bertz CT molecular complexity index is 667. The monoisotopic (exact) mass is 341 g/mol. The number of amides is 1. The van der Waals surface area contributed by atoms with E-state index in [0.29, 0.717) is 28.8 Å². The summed E-state index contributed by atoms with van der Waals surface area (Å²) in [6.07, 6.45) is 0.906. The van der Waals surface area contributed by atoms with Gasteiger partial charge in [0.15, 0.2) is 0 Å². The van der Waals surface area contributed by atoms with Gasteiger partial charge in [0.25, 0.3) is 5.91 Å². The summed E-state index contributed by atoms with van der Waals surface area (Å²) in [5.41, 5.74) is 1.26. The normalized spacial score (nSPS) is 11.4. The van der Waals surface area contributed by atoms with Crippen molar-refractivity contribution in [2.45, 2.75) is 13.3 Å². The van der Waals surface area contributed by atoms with Crippen LogP contribution in [-0.2, 0) is 0 Å². The summed E-state index contributed by atoms with van der Waals surface area (Å²) in [5.74, 6) is -0.0685. The van der Waals surface area contributed by atoms with Gasteiger partial charge in [-0.25, -0.2) is 0 Å². The highest BCUT2D eigenvalue weighted by molar-refractivity contribution is 6.39. The van der Waals surface area contributed by atoms with E-state index in [2.05, 4.69) is 16.8 Å². The zero-order chi connectivity index (χ0) is 16.3. The molecule has 0 bridgehead atoms. The number of rotatable bonds is 6. The van der Waals surface area contributed by atoms with E-state index in [-0.39, 0.29) is 5.91 Å². The molecule has 0 atom stereocenters. The lowest BCUT2D eigenvalue weighted by Gasteiger charge is -2.23. The van der Waals surface area contributed by atoms with Crippen LogP contribution in [0.15, 0.2) is 18.2 Å². The molecular formula is C16H21Cl2N3O. The predicted octanol–water partition coefficient (Wildman–Crippen LogP) is 3.89. The number of carbonyl (C=O) groups excluding carboxylic acids is 1. The summed E-state index contributed by atoms with van der Waals surface area (Å²) in [6.45, 7) is 4.25. The summed E-state index contributed by atoms with van der Waals surface area (Å²) < 4.78 is 0. The van der Waals surface area contributed by atoms with E-state index in [0.717, 1.165) is 23.9 Å². The number of fused-ring (bicyclic) bond motifs is 1. The van der Waals surface area contributed by atoms with Crippen LogP contribution in [-0.4, -0.2) is 54.4 Å². The Labute approximate surface area is 141 Å². The fraction of sp³-hybridized carbons (Fsp3) is 0.438. The molecule has 0 aliphatic carbocycles. The van der Waals surface area contributed by atoms with E-state index in [1.54, 1.807) is 12.1 Å². The second-order valence-corrected chi connectivity index (χ2v) is 6.41. The van der Waals surface area contributed by atoms with Crippen LogP contribution in [0.4, 0.5) is 0 Å². The van der Waals surface area contributed by atoms with Gasteiger partial charge in [0.05, 0.1) is 5.02 Å². The van der Waals surface area contributed by atoms with Crippen LogP contribution in [0.1, 0.15) is 23.8 Å². The SMILES string of the molecule is CCCN(CCN(C)C)C(=O)c1[nH]c2ccc(Cl)cc2c1Cl. The number of likely N-dealkylation sites (N-methyl/N-ethyl adjacent to an activating group) is 1. The highest BCUT2D eigenvalue weighted by Gasteiger charge is 2.21. The van der Waals surface area contributed by atoms with Gasteiger partial charge in [0.2, 0.25) is 0 Å². The molecule has 22 heavy (non-hydrogen) atoms. The molecule has 120 valence electrons. The zero-order valence-corrected chi connectivity index (χ0v) is 14.6. The molecule has 0 radical (unpaired) electrons. The summed E-state index contributed by atoms with van der Waals surface area (Å²) in [7, 11) is 3.99. The van der Waals surface area contributed by atoms with Crippen molar-refractivity contribution in [1.29, 1.82) is 0 Å². The molecule has 0 saturated carbocycles. The number of H-pyrrole nitrogens is 1. The molecule has 1 aromatic heterocycles. The van der Waals surface area contributed by atoms with Gasteiger partial charge in [0, 0.05) is 35.6 Å². The standard InChI is InChI=1S/C16H21Cl2N3O/c1-4-7-21(9-8-20(2)3)16(22)15-14(18)12-10-11(17)5-6-13(12)19-15/h5-6,10,19H,4,7-9H2,1-3H3. The number of carbonyl (C=O) groups is 1. The Morgan fingerprint density at radius 1 is 1.18 bits per heavy atom. The van der Waals surface area contributed by atoms with Crippen LogP contribution < -0.4 is 0 Å². The smallest absolute Gasteiger partial charge is 0.271 e. The first-order chi connectivity index (χ1) is 10.4. The minimum absolute atomic E-state index is 0.0685. The third-order valence-corrected chi connectivity index (χ3v) is 4.14. The van der Waals surface area contributed by atoms with Gasteiger partial charge in [-0.1, -0.05) is 30.1 Å². The Morgan fingerprint density at radius 2 is 1.91 bits per heavy atom. The number of hydrogen-bond acceptors (Lipinski definition) is 2. The molecule has 0 aliphatic rings. The largest absolute Gasteiger partial charge is 0.349 e. The molecular weight excluding hydrogens is 321 g/mol. The maximum atomic E-state index is 12.8. The topological polar surface area (TPSA) is 39.3 Å². The number of aromatic nitrogens is 1. The number of hydrogen-bond donors (Lipinski definition) is 1. The molecule has 1 N–H and O–H groups in total. The van der Waals surface area contributed by atoms with Gasteiger partial charge in [-0.2, -0.15) is 0 Å². The lowest BCUT2D eigenvalue weighted by atomic mass is 10.2. The van der Waals surface area contributed by atoms with Crippen LogP contribution in [0.2, 0.25) is 10.0 Å². The van der Waals surface area contributed by atoms with Crippen LogP contribution in [0.3, 0.4) is 0 Å². The number of benzene rings is 1. The minimum atomic E-state index is -0.0685. The van der Waals surface area contributed by atoms with Crippen molar-refractivity contribution in [2.24, 2.45) is 0 Å². The number of nitrogens with one attached hydrogen (secondary N) is 1. The Kier molecular flexibility index (Phi) is 5.73. The predicted molar refractivity (Wildman–Crippen MR) is 93.1 cm³/mol.